The zero-order valence-corrected chi connectivity index (χ0v) is 14.2. The van der Waals surface area contributed by atoms with Crippen LogP contribution in [0.4, 0.5) is 0 Å². The van der Waals surface area contributed by atoms with Crippen molar-refractivity contribution in [3.05, 3.63) is 45.7 Å². The molecule has 0 fully saturated rings. The van der Waals surface area contributed by atoms with Crippen molar-refractivity contribution in [2.24, 2.45) is 0 Å². The van der Waals surface area contributed by atoms with Crippen molar-refractivity contribution < 1.29 is 14.7 Å². The van der Waals surface area contributed by atoms with E-state index >= 15 is 0 Å². The third-order valence-corrected chi connectivity index (χ3v) is 3.76. The van der Waals surface area contributed by atoms with E-state index in [1.807, 2.05) is 0 Å². The highest BCUT2D eigenvalue weighted by molar-refractivity contribution is 6.35. The second-order valence-electron chi connectivity index (χ2n) is 5.56. The van der Waals surface area contributed by atoms with Crippen LogP contribution < -0.4 is 5.32 Å². The quantitative estimate of drug-likeness (QED) is 0.882. The van der Waals surface area contributed by atoms with Gasteiger partial charge in [0.1, 0.15) is 5.54 Å². The topological polar surface area (TPSA) is 84.2 Å². The molecule has 0 saturated carbocycles. The van der Waals surface area contributed by atoms with Crippen LogP contribution in [0.1, 0.15) is 30.0 Å². The molecule has 0 spiro atoms. The molecule has 0 radical (unpaired) electrons. The molecule has 0 aliphatic heterocycles. The number of halogens is 2. The molecule has 0 aliphatic carbocycles. The van der Waals surface area contributed by atoms with Gasteiger partial charge in [-0.2, -0.15) is 5.10 Å². The van der Waals surface area contributed by atoms with Gasteiger partial charge in [0.25, 0.3) is 5.91 Å². The molecule has 6 nitrogen and oxygen atoms in total. The molecule has 23 heavy (non-hydrogen) atoms. The second-order valence-corrected chi connectivity index (χ2v) is 6.41. The van der Waals surface area contributed by atoms with Gasteiger partial charge in [-0.15, -0.1) is 0 Å². The summed E-state index contributed by atoms with van der Waals surface area (Å²) >= 11 is 12.0. The number of benzene rings is 1. The van der Waals surface area contributed by atoms with Crippen molar-refractivity contribution in [1.29, 1.82) is 0 Å². The zero-order chi connectivity index (χ0) is 17.4. The number of carboxylic acid groups (broad SMARTS) is 1. The van der Waals surface area contributed by atoms with Gasteiger partial charge in [0.2, 0.25) is 0 Å². The number of aliphatic carboxylic acids is 1. The number of nitrogens with zero attached hydrogens (tertiary/aromatic N) is 2. The van der Waals surface area contributed by atoms with Crippen molar-refractivity contribution in [3.63, 3.8) is 0 Å². The molecule has 122 valence electrons. The number of rotatable bonds is 4. The first-order chi connectivity index (χ1) is 10.6. The number of carbonyl (C=O) groups is 2. The molecular weight excluding hydrogens is 341 g/mol. The highest BCUT2D eigenvalue weighted by Crippen LogP contribution is 2.25. The van der Waals surface area contributed by atoms with E-state index in [0.717, 1.165) is 0 Å². The van der Waals surface area contributed by atoms with Crippen LogP contribution in [-0.4, -0.2) is 32.3 Å². The van der Waals surface area contributed by atoms with Crippen molar-refractivity contribution in [2.45, 2.75) is 26.3 Å². The summed E-state index contributed by atoms with van der Waals surface area (Å²) in [5.41, 5.74) is -0.0485. The van der Waals surface area contributed by atoms with E-state index in [0.29, 0.717) is 21.4 Å². The Morgan fingerprint density at radius 3 is 2.48 bits per heavy atom. The molecule has 2 aromatic rings. The lowest BCUT2D eigenvalue weighted by Crippen LogP contribution is -2.49. The van der Waals surface area contributed by atoms with E-state index in [4.69, 9.17) is 28.3 Å². The number of hydrogen-bond acceptors (Lipinski definition) is 3. The van der Waals surface area contributed by atoms with Gasteiger partial charge < -0.3 is 10.4 Å². The highest BCUT2D eigenvalue weighted by atomic mass is 35.5. The summed E-state index contributed by atoms with van der Waals surface area (Å²) in [6, 6.07) is 6.48. The summed E-state index contributed by atoms with van der Waals surface area (Å²) in [7, 11) is 0. The standard InChI is InChI=1S/C15H15Cl2N3O3/c1-8-6-11(13(21)18-15(2,3)14(22)23)19-20(8)12-5-4-9(16)7-10(12)17/h4-7H,1-3H3,(H,18,21)(H,22,23). The molecule has 0 saturated heterocycles. The Labute approximate surface area is 143 Å². The Kier molecular flexibility index (Phi) is 4.68. The molecule has 2 rings (SSSR count). The van der Waals surface area contributed by atoms with Gasteiger partial charge in [-0.25, -0.2) is 9.48 Å². The minimum Gasteiger partial charge on any atom is -0.480 e. The predicted octanol–water partition coefficient (Wildman–Crippen LogP) is 3.08. The molecule has 0 atom stereocenters. The fraction of sp³-hybridized carbons (Fsp3) is 0.267. The van der Waals surface area contributed by atoms with Crippen molar-refractivity contribution >= 4 is 35.1 Å². The Bertz CT molecular complexity index is 784. The summed E-state index contributed by atoms with van der Waals surface area (Å²) < 4.78 is 1.50. The fourth-order valence-corrected chi connectivity index (χ4v) is 2.37. The Hall–Kier alpha value is -2.05. The number of carbonyl (C=O) groups excluding carboxylic acids is 1. The van der Waals surface area contributed by atoms with Crippen molar-refractivity contribution in [3.8, 4) is 5.69 Å². The number of hydrogen-bond donors (Lipinski definition) is 2. The maximum atomic E-state index is 12.2. The lowest BCUT2D eigenvalue weighted by Gasteiger charge is -2.20. The number of amides is 1. The van der Waals surface area contributed by atoms with Gasteiger partial charge in [-0.3, -0.25) is 4.79 Å². The molecule has 0 bridgehead atoms. The molecule has 1 aromatic heterocycles. The summed E-state index contributed by atoms with van der Waals surface area (Å²) in [6.07, 6.45) is 0. The van der Waals surface area contributed by atoms with Crippen LogP contribution in [0.5, 0.6) is 0 Å². The van der Waals surface area contributed by atoms with E-state index < -0.39 is 17.4 Å². The van der Waals surface area contributed by atoms with E-state index in [1.165, 1.54) is 18.5 Å². The summed E-state index contributed by atoms with van der Waals surface area (Å²) in [6.45, 7) is 4.55. The molecule has 1 heterocycles. The Balaban J connectivity index is 2.35. The lowest BCUT2D eigenvalue weighted by atomic mass is 10.1. The van der Waals surface area contributed by atoms with Gasteiger partial charge in [0, 0.05) is 10.7 Å². The molecule has 0 unspecified atom stereocenters. The molecular formula is C15H15Cl2N3O3. The average Bonchev–Trinajstić information content (AvgIpc) is 2.80. The smallest absolute Gasteiger partial charge is 0.328 e. The number of carboxylic acids is 1. The number of aryl methyl sites for hydroxylation is 1. The van der Waals surface area contributed by atoms with E-state index in [9.17, 15) is 9.59 Å². The van der Waals surface area contributed by atoms with E-state index in [2.05, 4.69) is 10.4 Å². The van der Waals surface area contributed by atoms with E-state index in [-0.39, 0.29) is 5.69 Å². The average molecular weight is 356 g/mol. The van der Waals surface area contributed by atoms with Gasteiger partial charge in [-0.05, 0) is 45.0 Å². The van der Waals surface area contributed by atoms with Crippen LogP contribution in [-0.2, 0) is 4.79 Å². The SMILES string of the molecule is Cc1cc(C(=O)NC(C)(C)C(=O)O)nn1-c1ccc(Cl)cc1Cl. The molecule has 8 heteroatoms. The van der Waals surface area contributed by atoms with Crippen molar-refractivity contribution in [1.82, 2.24) is 15.1 Å². The maximum absolute atomic E-state index is 12.2. The fourth-order valence-electron chi connectivity index (χ4n) is 1.88. The monoisotopic (exact) mass is 355 g/mol. The molecule has 1 amide bonds. The summed E-state index contributed by atoms with van der Waals surface area (Å²) in [4.78, 5) is 23.3. The third-order valence-electron chi connectivity index (χ3n) is 3.22. The van der Waals surface area contributed by atoms with Crippen LogP contribution in [0, 0.1) is 6.92 Å². The first-order valence-corrected chi connectivity index (χ1v) is 7.45. The number of nitrogens with one attached hydrogen (secondary N) is 1. The van der Waals surface area contributed by atoms with Gasteiger partial charge in [-0.1, -0.05) is 23.2 Å². The Morgan fingerprint density at radius 1 is 1.26 bits per heavy atom. The van der Waals surface area contributed by atoms with Crippen LogP contribution in [0.2, 0.25) is 10.0 Å². The summed E-state index contributed by atoms with van der Waals surface area (Å²) in [5.74, 6) is -1.72. The normalized spacial score (nSPS) is 11.3. The van der Waals surface area contributed by atoms with Gasteiger partial charge in [0.15, 0.2) is 5.69 Å². The lowest BCUT2D eigenvalue weighted by molar-refractivity contribution is -0.143. The third kappa shape index (κ3) is 3.65. The minimum atomic E-state index is -1.40. The van der Waals surface area contributed by atoms with Crippen LogP contribution in [0.25, 0.3) is 5.69 Å². The second kappa shape index (κ2) is 6.22. The zero-order valence-electron chi connectivity index (χ0n) is 12.7. The maximum Gasteiger partial charge on any atom is 0.328 e. The Morgan fingerprint density at radius 2 is 1.91 bits per heavy atom. The van der Waals surface area contributed by atoms with Gasteiger partial charge in [0.05, 0.1) is 10.7 Å². The largest absolute Gasteiger partial charge is 0.480 e. The molecule has 0 aliphatic rings. The highest BCUT2D eigenvalue weighted by Gasteiger charge is 2.30. The van der Waals surface area contributed by atoms with Crippen molar-refractivity contribution in [2.75, 3.05) is 0 Å². The minimum absolute atomic E-state index is 0.0999. The van der Waals surface area contributed by atoms with Crippen LogP contribution in [0.3, 0.4) is 0 Å². The van der Waals surface area contributed by atoms with E-state index in [1.54, 1.807) is 31.2 Å². The first kappa shape index (κ1) is 17.3. The number of aromatic nitrogens is 2. The first-order valence-electron chi connectivity index (χ1n) is 6.70. The van der Waals surface area contributed by atoms with Crippen LogP contribution >= 0.6 is 23.2 Å². The molecule has 2 N–H and O–H groups in total. The molecule has 1 aromatic carbocycles. The predicted molar refractivity (Wildman–Crippen MR) is 87.5 cm³/mol. The van der Waals surface area contributed by atoms with Gasteiger partial charge >= 0.3 is 5.97 Å². The summed E-state index contributed by atoms with van der Waals surface area (Å²) in [5, 5.41) is 16.6. The van der Waals surface area contributed by atoms with Crippen LogP contribution in [0.15, 0.2) is 24.3 Å².